The smallest absolute Gasteiger partial charge is 0.293 e. The quantitative estimate of drug-likeness (QED) is 0.524. The summed E-state index contributed by atoms with van der Waals surface area (Å²) >= 11 is 7.49. The van der Waals surface area contributed by atoms with Gasteiger partial charge in [0.25, 0.3) is 11.1 Å². The van der Waals surface area contributed by atoms with Crippen LogP contribution in [-0.2, 0) is 4.79 Å². The van der Waals surface area contributed by atoms with Gasteiger partial charge in [0.1, 0.15) is 5.75 Å². The van der Waals surface area contributed by atoms with Crippen molar-refractivity contribution in [1.82, 2.24) is 4.90 Å². The van der Waals surface area contributed by atoms with Crippen molar-refractivity contribution in [3.63, 3.8) is 0 Å². The molecule has 1 saturated heterocycles. The Bertz CT molecular complexity index is 690. The summed E-state index contributed by atoms with van der Waals surface area (Å²) in [7, 11) is 2.83. The number of imide groups is 1. The van der Waals surface area contributed by atoms with Gasteiger partial charge in [0.2, 0.25) is 0 Å². The number of ether oxygens (including phenoxy) is 1. The Morgan fingerprint density at radius 3 is 2.52 bits per heavy atom. The molecule has 1 aliphatic heterocycles. The van der Waals surface area contributed by atoms with Crippen LogP contribution < -0.4 is 4.74 Å². The maximum atomic E-state index is 12.0. The van der Waals surface area contributed by atoms with E-state index in [0.29, 0.717) is 14.5 Å². The molecule has 0 bridgehead atoms. The third-order valence-corrected chi connectivity index (χ3v) is 5.54. The summed E-state index contributed by atoms with van der Waals surface area (Å²) in [5, 5.41) is 2.52. The fourth-order valence-corrected chi connectivity index (χ4v) is 4.00. The van der Waals surface area contributed by atoms with Gasteiger partial charge in [0.05, 0.1) is 12.0 Å². The van der Waals surface area contributed by atoms with E-state index in [1.807, 2.05) is 0 Å². The number of hydrogen-bond acceptors (Lipinski definition) is 6. The molecule has 1 aromatic carbocycles. The fraction of sp³-hybridized carbons (Fsp3) is 0.167. The van der Waals surface area contributed by atoms with Gasteiger partial charge < -0.3 is 4.74 Å². The van der Waals surface area contributed by atoms with Gasteiger partial charge in [0, 0.05) is 21.6 Å². The predicted molar refractivity (Wildman–Crippen MR) is 87.8 cm³/mol. The molecule has 1 aromatic rings. The number of thioether (sulfide) groups is 1. The molecule has 0 saturated carbocycles. The summed E-state index contributed by atoms with van der Waals surface area (Å²) < 4.78 is 6.08. The van der Waals surface area contributed by atoms with Crippen LogP contribution >= 0.6 is 43.6 Å². The minimum atomic E-state index is -0.389. The second-order valence-electron chi connectivity index (χ2n) is 3.97. The first-order chi connectivity index (χ1) is 9.90. The number of carbonyl (C=O) groups excluding carboxylic acids is 2. The highest BCUT2D eigenvalue weighted by Gasteiger charge is 2.34. The molecule has 2 amide bonds. The molecular weight excluding hydrogens is 428 g/mol. The van der Waals surface area contributed by atoms with E-state index in [-0.39, 0.29) is 27.5 Å². The highest BCUT2D eigenvalue weighted by atomic mass is 79.9. The van der Waals surface area contributed by atoms with E-state index in [4.69, 9.17) is 4.74 Å². The molecule has 0 atom stereocenters. The van der Waals surface area contributed by atoms with Crippen LogP contribution in [0.25, 0.3) is 4.48 Å². The molecule has 0 unspecified atom stereocenters. The van der Waals surface area contributed by atoms with Crippen molar-refractivity contribution in [2.45, 2.75) is 0 Å². The number of carbonyl (C=O) groups is 2. The van der Waals surface area contributed by atoms with Crippen LogP contribution in [0.5, 0.6) is 5.75 Å². The maximum absolute atomic E-state index is 12.0. The number of methoxy groups -OCH3 is 1. The number of benzene rings is 1. The van der Waals surface area contributed by atoms with Gasteiger partial charge in [-0.3, -0.25) is 14.5 Å². The van der Waals surface area contributed by atoms with Gasteiger partial charge in [0.15, 0.2) is 5.69 Å². The van der Waals surface area contributed by atoms with Gasteiger partial charge >= 0.3 is 0 Å². The highest BCUT2D eigenvalue weighted by Crippen LogP contribution is 2.43. The monoisotopic (exact) mass is 434 g/mol. The summed E-state index contributed by atoms with van der Waals surface area (Å²) in [6.45, 7) is 0. The summed E-state index contributed by atoms with van der Waals surface area (Å²) in [6.07, 6.45) is 0. The summed E-state index contributed by atoms with van der Waals surface area (Å²) in [5.74, 6) is -0.115. The van der Waals surface area contributed by atoms with E-state index in [2.05, 4.69) is 37.0 Å². The Morgan fingerprint density at radius 1 is 1.38 bits per heavy atom. The van der Waals surface area contributed by atoms with Crippen molar-refractivity contribution in [2.75, 3.05) is 14.2 Å². The highest BCUT2D eigenvalue weighted by molar-refractivity contribution is 9.15. The number of nitroso groups, excluding NO2 is 1. The number of rotatable bonds is 3. The average molecular weight is 436 g/mol. The van der Waals surface area contributed by atoms with Gasteiger partial charge in [-0.15, -0.1) is 4.91 Å². The molecule has 0 spiro atoms. The Labute approximate surface area is 141 Å². The Morgan fingerprint density at radius 2 is 2.05 bits per heavy atom. The molecule has 21 heavy (non-hydrogen) atoms. The van der Waals surface area contributed by atoms with Crippen LogP contribution in [0.1, 0.15) is 5.56 Å². The molecule has 0 N–H and O–H groups in total. The van der Waals surface area contributed by atoms with Crippen molar-refractivity contribution < 1.29 is 14.3 Å². The number of nitrogens with zero attached hydrogens (tertiary/aromatic N) is 2. The van der Waals surface area contributed by atoms with Crippen LogP contribution in [0.15, 0.2) is 26.7 Å². The molecule has 2 rings (SSSR count). The van der Waals surface area contributed by atoms with Crippen molar-refractivity contribution in [3.05, 3.63) is 32.0 Å². The first-order valence-corrected chi connectivity index (χ1v) is 7.91. The van der Waals surface area contributed by atoms with E-state index >= 15 is 0 Å². The lowest BCUT2D eigenvalue weighted by atomic mass is 10.1. The molecule has 0 aromatic heterocycles. The zero-order chi connectivity index (χ0) is 15.7. The van der Waals surface area contributed by atoms with Crippen LogP contribution in [0, 0.1) is 4.91 Å². The second-order valence-corrected chi connectivity index (χ2v) is 6.58. The van der Waals surface area contributed by atoms with Crippen molar-refractivity contribution in [2.24, 2.45) is 5.18 Å². The molecule has 0 aliphatic carbocycles. The normalized spacial score (nSPS) is 17.2. The molecular formula is C12H8Br2N2O4S. The van der Waals surface area contributed by atoms with Crippen LogP contribution in [0.3, 0.4) is 0 Å². The van der Waals surface area contributed by atoms with Gasteiger partial charge in [-0.1, -0.05) is 15.9 Å². The lowest BCUT2D eigenvalue weighted by Crippen LogP contribution is -2.22. The van der Waals surface area contributed by atoms with Gasteiger partial charge in [-0.2, -0.15) is 0 Å². The van der Waals surface area contributed by atoms with Crippen molar-refractivity contribution >= 4 is 64.9 Å². The van der Waals surface area contributed by atoms with E-state index in [9.17, 15) is 14.5 Å². The molecule has 110 valence electrons. The van der Waals surface area contributed by atoms with E-state index in [1.54, 1.807) is 6.07 Å². The third-order valence-electron chi connectivity index (χ3n) is 2.76. The first-order valence-electron chi connectivity index (χ1n) is 5.51. The summed E-state index contributed by atoms with van der Waals surface area (Å²) in [4.78, 5) is 35.6. The van der Waals surface area contributed by atoms with E-state index in [0.717, 1.165) is 16.7 Å². The van der Waals surface area contributed by atoms with Crippen molar-refractivity contribution in [1.29, 1.82) is 0 Å². The summed E-state index contributed by atoms with van der Waals surface area (Å²) in [5.41, 5.74) is 0.718. The van der Waals surface area contributed by atoms with E-state index < -0.39 is 0 Å². The SMILES string of the molecule is COc1cc(/C(Br)=C2\SC(=O)N(C)C2=O)c(Br)cc1N=O. The Kier molecular flexibility index (Phi) is 4.84. The number of halogens is 2. The zero-order valence-electron chi connectivity index (χ0n) is 10.8. The van der Waals surface area contributed by atoms with Crippen LogP contribution in [0.4, 0.5) is 10.5 Å². The molecule has 0 radical (unpaired) electrons. The zero-order valence-corrected chi connectivity index (χ0v) is 14.8. The molecule has 1 fully saturated rings. The average Bonchev–Trinajstić information content (AvgIpc) is 2.73. The summed E-state index contributed by atoms with van der Waals surface area (Å²) in [6, 6.07) is 3.05. The number of likely N-dealkylation sites (N-methyl/N-ethyl adjacent to an activating group) is 1. The maximum Gasteiger partial charge on any atom is 0.293 e. The lowest BCUT2D eigenvalue weighted by Gasteiger charge is -2.10. The Balaban J connectivity index is 2.59. The fourth-order valence-electron chi connectivity index (χ4n) is 1.64. The molecule has 1 aliphatic rings. The lowest BCUT2D eigenvalue weighted by molar-refractivity contribution is -0.121. The van der Waals surface area contributed by atoms with E-state index in [1.165, 1.54) is 20.2 Å². The van der Waals surface area contributed by atoms with Crippen LogP contribution in [-0.4, -0.2) is 30.2 Å². The number of hydrogen-bond donors (Lipinski definition) is 0. The Hall–Kier alpha value is -1.19. The third kappa shape index (κ3) is 2.90. The second kappa shape index (κ2) is 6.29. The minimum Gasteiger partial charge on any atom is -0.494 e. The topological polar surface area (TPSA) is 76.0 Å². The van der Waals surface area contributed by atoms with Crippen LogP contribution in [0.2, 0.25) is 0 Å². The minimum absolute atomic E-state index is 0.136. The number of amides is 2. The standard InChI is InChI=1S/C12H8Br2N2O4S/c1-16-11(17)10(21-12(16)18)9(14)5-3-8(20-2)7(15-19)4-6(5)13/h3-4H,1-2H3/b10-9+. The van der Waals surface area contributed by atoms with Gasteiger partial charge in [-0.25, -0.2) is 0 Å². The molecule has 1 heterocycles. The largest absolute Gasteiger partial charge is 0.494 e. The van der Waals surface area contributed by atoms with Gasteiger partial charge in [-0.05, 0) is 45.0 Å². The van der Waals surface area contributed by atoms with Crippen molar-refractivity contribution in [3.8, 4) is 5.75 Å². The first kappa shape index (κ1) is 16.2. The molecule has 9 heteroatoms. The predicted octanol–water partition coefficient (Wildman–Crippen LogP) is 4.24. The molecule has 6 nitrogen and oxygen atoms in total.